The Labute approximate surface area is 146 Å². The molecule has 25 heavy (non-hydrogen) atoms. The van der Waals surface area contributed by atoms with Crippen LogP contribution < -0.4 is 10.6 Å². The molecular weight excluding hydrogens is 318 g/mol. The molecule has 7 nitrogen and oxygen atoms in total. The van der Waals surface area contributed by atoms with E-state index in [1.165, 1.54) is 0 Å². The smallest absolute Gasteiger partial charge is 0.268 e. The largest absolute Gasteiger partial charge is 0.379 e. The van der Waals surface area contributed by atoms with Gasteiger partial charge in [0.1, 0.15) is 17.3 Å². The first-order valence-electron chi connectivity index (χ1n) is 8.82. The lowest BCUT2D eigenvalue weighted by molar-refractivity contribution is 0.0616. The van der Waals surface area contributed by atoms with Crippen LogP contribution >= 0.6 is 0 Å². The van der Waals surface area contributed by atoms with Gasteiger partial charge in [-0.3, -0.25) is 4.79 Å². The van der Waals surface area contributed by atoms with Gasteiger partial charge >= 0.3 is 0 Å². The first-order valence-corrected chi connectivity index (χ1v) is 8.82. The van der Waals surface area contributed by atoms with E-state index in [2.05, 4.69) is 25.2 Å². The lowest BCUT2D eigenvalue weighted by Crippen LogP contribution is -2.52. The quantitative estimate of drug-likeness (QED) is 0.868. The first kappa shape index (κ1) is 16.1. The molecular formula is C18H23N5O2. The summed E-state index contributed by atoms with van der Waals surface area (Å²) in [6.07, 6.45) is 6.81. The summed E-state index contributed by atoms with van der Waals surface area (Å²) in [6.45, 7) is 3.04. The maximum atomic E-state index is 12.8. The molecule has 2 aromatic heterocycles. The first-order chi connectivity index (χ1) is 12.2. The Kier molecular flexibility index (Phi) is 4.40. The summed E-state index contributed by atoms with van der Waals surface area (Å²) in [6, 6.07) is 6.14. The number of ether oxygens (including phenoxy) is 1. The average molecular weight is 341 g/mol. The number of nitrogens with zero attached hydrogens (tertiary/aromatic N) is 3. The zero-order valence-corrected chi connectivity index (χ0v) is 14.3. The maximum Gasteiger partial charge on any atom is 0.268 e. The van der Waals surface area contributed by atoms with Gasteiger partial charge in [-0.05, 0) is 44.4 Å². The Balaban J connectivity index is 1.45. The van der Waals surface area contributed by atoms with Crippen LogP contribution in [0.25, 0.3) is 0 Å². The summed E-state index contributed by atoms with van der Waals surface area (Å²) >= 11 is 0. The second-order valence-electron chi connectivity index (χ2n) is 6.72. The second kappa shape index (κ2) is 6.84. The van der Waals surface area contributed by atoms with Crippen molar-refractivity contribution in [1.29, 1.82) is 0 Å². The lowest BCUT2D eigenvalue weighted by Gasteiger charge is -2.33. The van der Waals surface area contributed by atoms with Crippen molar-refractivity contribution in [3.63, 3.8) is 0 Å². The highest BCUT2D eigenvalue weighted by Crippen LogP contribution is 2.36. The van der Waals surface area contributed by atoms with Crippen molar-refractivity contribution < 1.29 is 9.53 Å². The Morgan fingerprint density at radius 2 is 2.16 bits per heavy atom. The van der Waals surface area contributed by atoms with Gasteiger partial charge < -0.3 is 19.9 Å². The fourth-order valence-electron chi connectivity index (χ4n) is 3.28. The number of carbonyl (C=O) groups excluding carboxylic acids is 1. The van der Waals surface area contributed by atoms with Crippen molar-refractivity contribution in [1.82, 2.24) is 19.9 Å². The van der Waals surface area contributed by atoms with E-state index in [-0.39, 0.29) is 18.0 Å². The minimum absolute atomic E-state index is 0.000857. The molecule has 1 saturated carbocycles. The molecule has 0 spiro atoms. The zero-order valence-electron chi connectivity index (χ0n) is 14.3. The second-order valence-corrected chi connectivity index (χ2v) is 6.72. The molecule has 1 saturated heterocycles. The van der Waals surface area contributed by atoms with Gasteiger partial charge in [0.15, 0.2) is 0 Å². The van der Waals surface area contributed by atoms with Crippen LogP contribution in [0.1, 0.15) is 41.6 Å². The van der Waals surface area contributed by atoms with E-state index >= 15 is 0 Å². The monoisotopic (exact) mass is 341 g/mol. The highest BCUT2D eigenvalue weighted by Gasteiger charge is 2.30. The predicted octanol–water partition coefficient (Wildman–Crippen LogP) is 1.92. The molecule has 3 heterocycles. The summed E-state index contributed by atoms with van der Waals surface area (Å²) < 4.78 is 7.68. The number of hydrogen-bond donors (Lipinski definition) is 2. The van der Waals surface area contributed by atoms with Gasteiger partial charge in [-0.15, -0.1) is 0 Å². The van der Waals surface area contributed by atoms with Gasteiger partial charge in [0.2, 0.25) is 0 Å². The summed E-state index contributed by atoms with van der Waals surface area (Å²) in [5, 5.41) is 6.56. The number of rotatable bonds is 5. The van der Waals surface area contributed by atoms with E-state index < -0.39 is 0 Å². The van der Waals surface area contributed by atoms with Crippen molar-refractivity contribution in [2.24, 2.45) is 0 Å². The van der Waals surface area contributed by atoms with Gasteiger partial charge in [-0.1, -0.05) is 0 Å². The number of aromatic nitrogens is 3. The molecule has 2 aliphatic rings. The number of aryl methyl sites for hydroxylation is 1. The number of carbonyl (C=O) groups is 1. The molecule has 0 aromatic carbocycles. The third kappa shape index (κ3) is 3.66. The minimum atomic E-state index is -0.0190. The fourth-order valence-corrected chi connectivity index (χ4v) is 3.28. The molecule has 2 fully saturated rings. The highest BCUT2D eigenvalue weighted by atomic mass is 16.5. The van der Waals surface area contributed by atoms with Crippen LogP contribution in [0.4, 0.5) is 5.82 Å². The summed E-state index contributed by atoms with van der Waals surface area (Å²) in [5.74, 6) is 1.45. The van der Waals surface area contributed by atoms with Gasteiger partial charge in [-0.25, -0.2) is 9.97 Å². The van der Waals surface area contributed by atoms with Crippen LogP contribution in [-0.4, -0.2) is 45.7 Å². The molecule has 1 amide bonds. The molecule has 4 rings (SSSR count). The van der Waals surface area contributed by atoms with Crippen LogP contribution in [0.3, 0.4) is 0 Å². The Morgan fingerprint density at radius 1 is 1.28 bits per heavy atom. The Bertz CT molecular complexity index is 755. The standard InChI is InChI=1S/C18H23N5O2/c1-12-19-8-6-17(20-12)21-15-11-25-10-7-14(15)22-18(24)16-3-2-9-23(16)13-4-5-13/h2-3,6,8-9,13-15H,4-5,7,10-11H2,1H3,(H,22,24)(H,19,20,21)/t14-,15+/m0/s1. The number of amides is 1. The molecule has 7 heteroatoms. The number of nitrogens with one attached hydrogen (secondary N) is 2. The van der Waals surface area contributed by atoms with E-state index in [1.54, 1.807) is 6.20 Å². The normalized spacial score (nSPS) is 23.2. The molecule has 2 atom stereocenters. The maximum absolute atomic E-state index is 12.8. The lowest BCUT2D eigenvalue weighted by atomic mass is 10.0. The van der Waals surface area contributed by atoms with E-state index in [9.17, 15) is 4.79 Å². The molecule has 1 aliphatic heterocycles. The van der Waals surface area contributed by atoms with Gasteiger partial charge in [0.25, 0.3) is 5.91 Å². The third-order valence-electron chi connectivity index (χ3n) is 4.73. The van der Waals surface area contributed by atoms with Crippen LogP contribution in [0, 0.1) is 6.92 Å². The molecule has 1 aliphatic carbocycles. The molecule has 2 N–H and O–H groups in total. The van der Waals surface area contributed by atoms with Crippen LogP contribution in [0.15, 0.2) is 30.6 Å². The fraction of sp³-hybridized carbons (Fsp3) is 0.500. The van der Waals surface area contributed by atoms with E-state index in [4.69, 9.17) is 4.74 Å². The SMILES string of the molecule is Cc1nccc(N[C@@H]2COCC[C@@H]2NC(=O)c2cccn2C2CC2)n1. The molecule has 0 bridgehead atoms. The third-order valence-corrected chi connectivity index (χ3v) is 4.73. The van der Waals surface area contributed by atoms with Crippen molar-refractivity contribution >= 4 is 11.7 Å². The number of anilines is 1. The van der Waals surface area contributed by atoms with Crippen LogP contribution in [0.2, 0.25) is 0 Å². The van der Waals surface area contributed by atoms with Crippen LogP contribution in [0.5, 0.6) is 0 Å². The minimum Gasteiger partial charge on any atom is -0.379 e. The predicted molar refractivity (Wildman–Crippen MR) is 93.6 cm³/mol. The van der Waals surface area contributed by atoms with E-state index in [0.29, 0.717) is 25.1 Å². The summed E-state index contributed by atoms with van der Waals surface area (Å²) in [5.41, 5.74) is 0.741. The molecule has 0 radical (unpaired) electrons. The van der Waals surface area contributed by atoms with Gasteiger partial charge in [0.05, 0.1) is 18.7 Å². The van der Waals surface area contributed by atoms with Crippen molar-refractivity contribution in [2.75, 3.05) is 18.5 Å². The summed E-state index contributed by atoms with van der Waals surface area (Å²) in [7, 11) is 0. The highest BCUT2D eigenvalue weighted by molar-refractivity contribution is 5.93. The molecule has 0 unspecified atom stereocenters. The molecule has 132 valence electrons. The van der Waals surface area contributed by atoms with E-state index in [0.717, 1.165) is 30.8 Å². The number of hydrogen-bond acceptors (Lipinski definition) is 5. The van der Waals surface area contributed by atoms with Crippen LogP contribution in [-0.2, 0) is 4.74 Å². The zero-order chi connectivity index (χ0) is 17.2. The van der Waals surface area contributed by atoms with Crippen molar-refractivity contribution in [3.05, 3.63) is 42.1 Å². The summed E-state index contributed by atoms with van der Waals surface area (Å²) in [4.78, 5) is 21.2. The Morgan fingerprint density at radius 3 is 2.96 bits per heavy atom. The van der Waals surface area contributed by atoms with Crippen molar-refractivity contribution in [2.45, 2.75) is 44.3 Å². The van der Waals surface area contributed by atoms with Crippen molar-refractivity contribution in [3.8, 4) is 0 Å². The Hall–Kier alpha value is -2.41. The topological polar surface area (TPSA) is 81.1 Å². The van der Waals surface area contributed by atoms with Gasteiger partial charge in [-0.2, -0.15) is 0 Å². The molecule has 2 aromatic rings. The van der Waals surface area contributed by atoms with E-state index in [1.807, 2.05) is 31.3 Å². The average Bonchev–Trinajstić information content (AvgIpc) is 3.33. The van der Waals surface area contributed by atoms with Gasteiger partial charge in [0, 0.05) is 25.0 Å².